The molecule has 0 aliphatic carbocycles. The van der Waals surface area contributed by atoms with Crippen LogP contribution in [0.5, 0.6) is 5.75 Å². The maximum atomic E-state index is 14.2. The molecule has 4 aromatic rings. The Kier molecular flexibility index (Phi) is 8.22. The number of nitro groups is 1. The zero-order valence-electron chi connectivity index (χ0n) is 24.9. The molecule has 0 radical (unpaired) electrons. The summed E-state index contributed by atoms with van der Waals surface area (Å²) in [7, 11) is -4.53. The summed E-state index contributed by atoms with van der Waals surface area (Å²) in [6.45, 7) is -0.878. The second-order valence-corrected chi connectivity index (χ2v) is 13.5. The smallest absolute Gasteiger partial charge is 0.440 e. The Labute approximate surface area is 281 Å². The first-order valence-corrected chi connectivity index (χ1v) is 16.4. The Hall–Kier alpha value is -4.76. The minimum atomic E-state index is -4.53. The predicted molar refractivity (Wildman–Crippen MR) is 165 cm³/mol. The lowest BCUT2D eigenvalue weighted by molar-refractivity contribution is -0.637. The van der Waals surface area contributed by atoms with E-state index in [1.54, 1.807) is 12.1 Å². The van der Waals surface area contributed by atoms with Crippen molar-refractivity contribution in [1.29, 1.82) is 0 Å². The van der Waals surface area contributed by atoms with Crippen LogP contribution >= 0.6 is 11.6 Å². The van der Waals surface area contributed by atoms with Gasteiger partial charge in [0.05, 0.1) is 22.6 Å². The summed E-state index contributed by atoms with van der Waals surface area (Å²) < 4.78 is 41.9. The number of sulfonamides is 1. The summed E-state index contributed by atoms with van der Waals surface area (Å²) >= 11 is 6.00. The molecule has 49 heavy (non-hydrogen) atoms. The van der Waals surface area contributed by atoms with Gasteiger partial charge in [0.15, 0.2) is 12.0 Å². The molecule has 20 heteroatoms. The molecular formula is C29H26ClN7O11S. The van der Waals surface area contributed by atoms with Crippen molar-refractivity contribution in [3.8, 4) is 5.75 Å². The summed E-state index contributed by atoms with van der Waals surface area (Å²) in [6, 6.07) is 12.7. The number of para-hydroxylation sites is 1. The van der Waals surface area contributed by atoms with Crippen LogP contribution in [0.1, 0.15) is 23.0 Å². The monoisotopic (exact) mass is 715 g/mol. The number of rotatable bonds is 9. The third-order valence-corrected chi connectivity index (χ3v) is 10.4. The van der Waals surface area contributed by atoms with Gasteiger partial charge in [-0.2, -0.15) is 0 Å². The van der Waals surface area contributed by atoms with Crippen LogP contribution in [-0.2, 0) is 31.9 Å². The molecule has 3 aliphatic rings. The highest BCUT2D eigenvalue weighted by atomic mass is 35.5. The van der Waals surface area contributed by atoms with Crippen molar-refractivity contribution < 1.29 is 48.1 Å². The van der Waals surface area contributed by atoms with Crippen LogP contribution in [0.4, 0.5) is 5.82 Å². The van der Waals surface area contributed by atoms with Gasteiger partial charge in [-0.05, 0) is 48.5 Å². The van der Waals surface area contributed by atoms with Gasteiger partial charge in [0.1, 0.15) is 53.7 Å². The molecule has 2 aromatic carbocycles. The molecule has 4 N–H and O–H groups in total. The number of ether oxygens (including phenoxy) is 2. The Morgan fingerprint density at radius 3 is 2.53 bits per heavy atom. The summed E-state index contributed by atoms with van der Waals surface area (Å²) in [5.74, 6) is -0.0890. The fourth-order valence-electron chi connectivity index (χ4n) is 6.01. The number of oxime groups is 1. The van der Waals surface area contributed by atoms with Crippen molar-refractivity contribution >= 4 is 33.2 Å². The van der Waals surface area contributed by atoms with E-state index in [0.717, 1.165) is 8.99 Å². The van der Waals surface area contributed by atoms with Gasteiger partial charge in [-0.3, -0.25) is 10.1 Å². The number of hydrogen-bond donors (Lipinski definition) is 4. The molecule has 2 unspecified atom stereocenters. The number of aliphatic hydroxyl groups is 4. The molecule has 7 atom stereocenters. The van der Waals surface area contributed by atoms with E-state index in [2.05, 4.69) is 20.5 Å². The third kappa shape index (κ3) is 5.17. The largest absolute Gasteiger partial charge is 0.486 e. The number of nitrogens with zero attached hydrogens (tertiary/aromatic N) is 7. The number of aliphatic hydroxyl groups excluding tert-OH is 4. The molecule has 2 aromatic heterocycles. The van der Waals surface area contributed by atoms with Gasteiger partial charge in [0.2, 0.25) is 6.04 Å². The second kappa shape index (κ2) is 12.3. The lowest BCUT2D eigenvalue weighted by atomic mass is 9.93. The Balaban J connectivity index is 1.22. The fraction of sp³-hybridized carbons (Fsp3) is 0.310. The average molecular weight is 716 g/mol. The molecule has 1 fully saturated rings. The van der Waals surface area contributed by atoms with Crippen LogP contribution in [0.15, 0.2) is 83.1 Å². The van der Waals surface area contributed by atoms with Gasteiger partial charge in [0, 0.05) is 16.8 Å². The lowest BCUT2D eigenvalue weighted by Gasteiger charge is -2.39. The molecule has 0 amide bonds. The predicted octanol–water partition coefficient (Wildman–Crippen LogP) is 0.319. The van der Waals surface area contributed by atoms with E-state index in [1.807, 2.05) is 0 Å². The van der Waals surface area contributed by atoms with Crippen molar-refractivity contribution in [3.63, 3.8) is 0 Å². The van der Waals surface area contributed by atoms with Gasteiger partial charge in [-0.25, -0.2) is 22.4 Å². The third-order valence-electron chi connectivity index (χ3n) is 8.39. The van der Waals surface area contributed by atoms with Crippen LogP contribution in [-0.4, -0.2) is 96.5 Å². The highest BCUT2D eigenvalue weighted by molar-refractivity contribution is 7.93. The zero-order chi connectivity index (χ0) is 34.7. The van der Waals surface area contributed by atoms with E-state index in [1.165, 1.54) is 60.9 Å². The average Bonchev–Trinajstić information content (AvgIpc) is 3.80. The molecule has 0 saturated carbocycles. The molecule has 1 saturated heterocycles. The molecule has 18 nitrogen and oxygen atoms in total. The number of benzene rings is 2. The maximum Gasteiger partial charge on any atom is 0.440 e. The molecule has 0 bridgehead atoms. The first-order valence-electron chi connectivity index (χ1n) is 14.6. The number of fused-ring (bicyclic) bond motifs is 3. The topological polar surface area (TPSA) is 245 Å². The first kappa shape index (κ1) is 32.8. The molecule has 256 valence electrons. The van der Waals surface area contributed by atoms with Crippen LogP contribution in [0.3, 0.4) is 0 Å². The zero-order valence-corrected chi connectivity index (χ0v) is 26.4. The normalized spacial score (nSPS) is 27.6. The van der Waals surface area contributed by atoms with Crippen LogP contribution < -0.4 is 9.04 Å². The van der Waals surface area contributed by atoms with Gasteiger partial charge in [-0.1, -0.05) is 34.1 Å². The minimum absolute atomic E-state index is 0.121. The van der Waals surface area contributed by atoms with E-state index in [-0.39, 0.29) is 50.6 Å². The summed E-state index contributed by atoms with van der Waals surface area (Å²) in [6.07, 6.45) is -4.60. The standard InChI is InChI=1S/C29H26ClN7O11S/c30-15-7-9-17(10-8-15)49(44,45)36-26-22(33-48-29(26,37(42)43)19-5-3-11-31-27(19)36)18-4-1-2-6-20(18)46-14-16-12-35(34-32-16)28-25(41)24(40)23(39)21(13-38)47-28/h1-12,21,23-26,28,38-41H,13-14H2/t21-,23+,24+,25-,26?,28-,29?/m1/s1. The van der Waals surface area contributed by atoms with E-state index >= 15 is 0 Å². The van der Waals surface area contributed by atoms with Crippen molar-refractivity contribution in [1.82, 2.24) is 20.0 Å². The van der Waals surface area contributed by atoms with Crippen LogP contribution in [0, 0.1) is 10.1 Å². The van der Waals surface area contributed by atoms with E-state index in [4.69, 9.17) is 25.9 Å². The summed E-state index contributed by atoms with van der Waals surface area (Å²) in [5, 5.41) is 65.3. The second-order valence-electron chi connectivity index (χ2n) is 11.2. The number of anilines is 1. The summed E-state index contributed by atoms with van der Waals surface area (Å²) in [4.78, 5) is 21.7. The Morgan fingerprint density at radius 2 is 1.80 bits per heavy atom. The summed E-state index contributed by atoms with van der Waals surface area (Å²) in [5.41, 5.74) is -2.36. The maximum absolute atomic E-state index is 14.2. The van der Waals surface area contributed by atoms with Crippen LogP contribution in [0.2, 0.25) is 5.02 Å². The molecular weight excluding hydrogens is 690 g/mol. The van der Waals surface area contributed by atoms with E-state index in [9.17, 15) is 39.0 Å². The number of aromatic nitrogens is 4. The number of hydrogen-bond acceptors (Lipinski definition) is 15. The highest BCUT2D eigenvalue weighted by Crippen LogP contribution is 2.52. The van der Waals surface area contributed by atoms with E-state index < -0.39 is 64.0 Å². The molecule has 3 aliphatic heterocycles. The Morgan fingerprint density at radius 1 is 1.04 bits per heavy atom. The molecule has 5 heterocycles. The number of halogens is 1. The van der Waals surface area contributed by atoms with Crippen molar-refractivity contribution in [2.45, 2.75) is 53.9 Å². The van der Waals surface area contributed by atoms with Crippen LogP contribution in [0.25, 0.3) is 0 Å². The lowest BCUT2D eigenvalue weighted by Crippen LogP contribution is -2.56. The van der Waals surface area contributed by atoms with Gasteiger partial charge in [-0.15, -0.1) is 5.10 Å². The highest BCUT2D eigenvalue weighted by Gasteiger charge is 2.73. The van der Waals surface area contributed by atoms with Gasteiger partial charge < -0.3 is 34.7 Å². The Bertz CT molecular complexity index is 2050. The van der Waals surface area contributed by atoms with Crippen molar-refractivity contribution in [2.24, 2.45) is 5.16 Å². The SMILES string of the molecule is O=[N+]([O-])C12ON=C(c3ccccc3OCc3cn([C@@H]4O[C@H](CO)[C@H](O)[C@H](O)[C@H]4O)nn3)C1N(S(=O)(=O)c1ccc(Cl)cc1)c1ncccc12. The fourth-order valence-corrected chi connectivity index (χ4v) is 7.73. The number of pyridine rings is 1. The van der Waals surface area contributed by atoms with Gasteiger partial charge in [0.25, 0.3) is 10.0 Å². The molecule has 7 rings (SSSR count). The van der Waals surface area contributed by atoms with Gasteiger partial charge >= 0.3 is 5.72 Å². The minimum Gasteiger partial charge on any atom is -0.486 e. The quantitative estimate of drug-likeness (QED) is 0.135. The van der Waals surface area contributed by atoms with Crippen molar-refractivity contribution in [2.75, 3.05) is 10.9 Å². The van der Waals surface area contributed by atoms with Crippen molar-refractivity contribution in [3.05, 3.63) is 105 Å². The molecule has 0 spiro atoms. The first-order chi connectivity index (χ1) is 23.5. The van der Waals surface area contributed by atoms with E-state index in [0.29, 0.717) is 0 Å².